The van der Waals surface area contributed by atoms with E-state index in [-0.39, 0.29) is 10.7 Å². The molecule has 0 radical (unpaired) electrons. The number of nitrogens with two attached hydrogens (primary N) is 1. The molecular weight excluding hydrogens is 319 g/mol. The van der Waals surface area contributed by atoms with Gasteiger partial charge in [0.15, 0.2) is 5.82 Å². The number of hydrogen-bond acceptors (Lipinski definition) is 4. The normalized spacial score (nSPS) is 11.6. The first-order valence-corrected chi connectivity index (χ1v) is 8.22. The van der Waals surface area contributed by atoms with Crippen molar-refractivity contribution in [2.45, 2.75) is 11.8 Å². The predicted octanol–water partition coefficient (Wildman–Crippen LogP) is 2.03. The lowest BCUT2D eigenvalue weighted by Crippen LogP contribution is -2.12. The van der Waals surface area contributed by atoms with Gasteiger partial charge in [-0.15, -0.1) is 0 Å². The van der Waals surface area contributed by atoms with Crippen LogP contribution in [0.4, 0.5) is 4.39 Å². The van der Waals surface area contributed by atoms with Gasteiger partial charge < -0.3 is 0 Å². The Hall–Kier alpha value is -2.58. The quantitative estimate of drug-likeness (QED) is 0.794. The molecule has 0 unspecified atom stereocenters. The van der Waals surface area contributed by atoms with Crippen molar-refractivity contribution in [3.05, 3.63) is 60.2 Å². The summed E-state index contributed by atoms with van der Waals surface area (Å²) in [5.74, 6) is 0.601. The van der Waals surface area contributed by atoms with Gasteiger partial charge in [-0.25, -0.2) is 27.6 Å². The summed E-state index contributed by atoms with van der Waals surface area (Å²) in [7, 11) is -3.76. The second-order valence-corrected chi connectivity index (χ2v) is 6.51. The van der Waals surface area contributed by atoms with Crippen molar-refractivity contribution in [1.82, 2.24) is 14.8 Å². The Morgan fingerprint density at radius 3 is 2.43 bits per heavy atom. The molecule has 0 atom stereocenters. The fraction of sp³-hybridized carbons (Fsp3) is 0.0667. The number of hydrogen-bond donors (Lipinski definition) is 1. The minimum absolute atomic E-state index is 0.00499. The summed E-state index contributed by atoms with van der Waals surface area (Å²) in [4.78, 5) is 4.32. The molecule has 0 saturated heterocycles. The molecule has 0 saturated carbocycles. The minimum Gasteiger partial charge on any atom is -0.225 e. The van der Waals surface area contributed by atoms with Crippen molar-refractivity contribution in [3.8, 4) is 17.1 Å². The smallest absolute Gasteiger partial charge is 0.225 e. The Morgan fingerprint density at radius 2 is 1.83 bits per heavy atom. The largest absolute Gasteiger partial charge is 0.238 e. The third kappa shape index (κ3) is 3.13. The third-order valence-electron chi connectivity index (χ3n) is 3.21. The number of halogens is 1. The van der Waals surface area contributed by atoms with Crippen molar-refractivity contribution in [2.24, 2.45) is 5.14 Å². The summed E-state index contributed by atoms with van der Waals surface area (Å²) in [6, 6.07) is 11.9. The lowest BCUT2D eigenvalue weighted by atomic mass is 10.2. The molecule has 2 N–H and O–H groups in total. The number of benzene rings is 2. The molecule has 0 fully saturated rings. The van der Waals surface area contributed by atoms with Crippen LogP contribution in [0.1, 0.15) is 5.82 Å². The fourth-order valence-electron chi connectivity index (χ4n) is 2.19. The predicted molar refractivity (Wildman–Crippen MR) is 82.9 cm³/mol. The maximum absolute atomic E-state index is 13.4. The van der Waals surface area contributed by atoms with Gasteiger partial charge in [-0.1, -0.05) is 12.1 Å². The van der Waals surface area contributed by atoms with Crippen LogP contribution in [0.25, 0.3) is 17.1 Å². The first-order chi connectivity index (χ1) is 10.8. The summed E-state index contributed by atoms with van der Waals surface area (Å²) >= 11 is 0. The Morgan fingerprint density at radius 1 is 1.13 bits per heavy atom. The van der Waals surface area contributed by atoms with E-state index in [1.54, 1.807) is 31.2 Å². The summed E-state index contributed by atoms with van der Waals surface area (Å²) < 4.78 is 37.6. The van der Waals surface area contributed by atoms with Gasteiger partial charge in [-0.05, 0) is 43.3 Å². The van der Waals surface area contributed by atoms with Crippen molar-refractivity contribution < 1.29 is 12.8 Å². The first kappa shape index (κ1) is 15.3. The molecule has 0 spiro atoms. The molecule has 1 aromatic heterocycles. The van der Waals surface area contributed by atoms with E-state index >= 15 is 0 Å². The second kappa shape index (κ2) is 5.56. The molecule has 0 aliphatic rings. The molecule has 8 heteroatoms. The zero-order valence-corrected chi connectivity index (χ0v) is 13.0. The molecule has 118 valence electrons. The van der Waals surface area contributed by atoms with Crippen LogP contribution in [-0.2, 0) is 10.0 Å². The molecule has 3 aromatic rings. The van der Waals surface area contributed by atoms with Gasteiger partial charge in [0.2, 0.25) is 10.0 Å². The van der Waals surface area contributed by atoms with Crippen LogP contribution in [-0.4, -0.2) is 23.2 Å². The van der Waals surface area contributed by atoms with Crippen LogP contribution < -0.4 is 5.14 Å². The SMILES string of the molecule is Cc1nc(-c2cccc(F)c2)n(-c2ccc(S(N)(=O)=O)cc2)n1. The summed E-state index contributed by atoms with van der Waals surface area (Å²) in [5.41, 5.74) is 1.17. The van der Waals surface area contributed by atoms with Gasteiger partial charge in [0.1, 0.15) is 11.6 Å². The van der Waals surface area contributed by atoms with Crippen LogP contribution in [0.2, 0.25) is 0 Å². The topological polar surface area (TPSA) is 90.9 Å². The van der Waals surface area contributed by atoms with Crippen molar-refractivity contribution >= 4 is 10.0 Å². The zero-order chi connectivity index (χ0) is 16.6. The monoisotopic (exact) mass is 332 g/mol. The maximum Gasteiger partial charge on any atom is 0.238 e. The number of aryl methyl sites for hydroxylation is 1. The van der Waals surface area contributed by atoms with Gasteiger partial charge >= 0.3 is 0 Å². The van der Waals surface area contributed by atoms with Crippen LogP contribution >= 0.6 is 0 Å². The molecule has 0 bridgehead atoms. The molecule has 23 heavy (non-hydrogen) atoms. The summed E-state index contributed by atoms with van der Waals surface area (Å²) in [5, 5.41) is 9.36. The number of primary sulfonamides is 1. The third-order valence-corrected chi connectivity index (χ3v) is 4.13. The van der Waals surface area contributed by atoms with E-state index in [1.807, 2.05) is 0 Å². The molecule has 2 aromatic carbocycles. The van der Waals surface area contributed by atoms with E-state index < -0.39 is 10.0 Å². The van der Waals surface area contributed by atoms with Gasteiger partial charge in [-0.2, -0.15) is 5.10 Å². The average molecular weight is 332 g/mol. The lowest BCUT2D eigenvalue weighted by molar-refractivity contribution is 0.597. The Kier molecular flexibility index (Phi) is 3.70. The standard InChI is InChI=1S/C15H13FN4O2S/c1-10-18-15(11-3-2-4-12(16)9-11)20(19-10)13-5-7-14(8-6-13)23(17,21)22/h2-9H,1H3,(H2,17,21,22). The van der Waals surface area contributed by atoms with Crippen LogP contribution in [0.3, 0.4) is 0 Å². The lowest BCUT2D eigenvalue weighted by Gasteiger charge is -2.07. The molecule has 0 aliphatic heterocycles. The van der Waals surface area contributed by atoms with Gasteiger partial charge in [0.05, 0.1) is 10.6 Å². The highest BCUT2D eigenvalue weighted by atomic mass is 32.2. The summed E-state index contributed by atoms with van der Waals surface area (Å²) in [6.07, 6.45) is 0. The van der Waals surface area contributed by atoms with Crippen LogP contribution in [0.5, 0.6) is 0 Å². The van der Waals surface area contributed by atoms with Crippen LogP contribution in [0.15, 0.2) is 53.4 Å². The molecule has 0 amide bonds. The highest BCUT2D eigenvalue weighted by Gasteiger charge is 2.13. The van der Waals surface area contributed by atoms with Crippen molar-refractivity contribution in [3.63, 3.8) is 0 Å². The number of aromatic nitrogens is 3. The van der Waals surface area contributed by atoms with E-state index in [0.717, 1.165) is 0 Å². The Balaban J connectivity index is 2.11. The highest BCUT2D eigenvalue weighted by Crippen LogP contribution is 2.22. The Bertz CT molecular complexity index is 965. The first-order valence-electron chi connectivity index (χ1n) is 6.67. The molecule has 1 heterocycles. The second-order valence-electron chi connectivity index (χ2n) is 4.94. The maximum atomic E-state index is 13.4. The van der Waals surface area contributed by atoms with E-state index in [4.69, 9.17) is 5.14 Å². The van der Waals surface area contributed by atoms with E-state index in [9.17, 15) is 12.8 Å². The van der Waals surface area contributed by atoms with E-state index in [0.29, 0.717) is 22.9 Å². The number of sulfonamides is 1. The fourth-order valence-corrected chi connectivity index (χ4v) is 2.70. The summed E-state index contributed by atoms with van der Waals surface area (Å²) in [6.45, 7) is 1.72. The molecule has 6 nitrogen and oxygen atoms in total. The Labute approximate surface area is 132 Å². The van der Waals surface area contributed by atoms with Gasteiger partial charge in [0.25, 0.3) is 0 Å². The van der Waals surface area contributed by atoms with E-state index in [1.165, 1.54) is 28.9 Å². The van der Waals surface area contributed by atoms with Crippen molar-refractivity contribution in [2.75, 3.05) is 0 Å². The zero-order valence-electron chi connectivity index (χ0n) is 12.1. The molecular formula is C15H13FN4O2S. The number of rotatable bonds is 3. The average Bonchev–Trinajstić information content (AvgIpc) is 2.88. The highest BCUT2D eigenvalue weighted by molar-refractivity contribution is 7.89. The molecule has 0 aliphatic carbocycles. The van der Waals surface area contributed by atoms with E-state index in [2.05, 4.69) is 10.1 Å². The van der Waals surface area contributed by atoms with Crippen LogP contribution in [0, 0.1) is 12.7 Å². The minimum atomic E-state index is -3.76. The van der Waals surface area contributed by atoms with Gasteiger partial charge in [0, 0.05) is 5.56 Å². The molecule has 3 rings (SSSR count). The van der Waals surface area contributed by atoms with Gasteiger partial charge in [-0.3, -0.25) is 0 Å². The number of nitrogens with zero attached hydrogens (tertiary/aromatic N) is 3. The van der Waals surface area contributed by atoms with Crippen molar-refractivity contribution in [1.29, 1.82) is 0 Å².